The highest BCUT2D eigenvalue weighted by Crippen LogP contribution is 2.26. The Morgan fingerprint density at radius 2 is 1.50 bits per heavy atom. The van der Waals surface area contributed by atoms with Crippen LogP contribution < -0.4 is 20.1 Å². The Balaban J connectivity index is 1.81. The van der Waals surface area contributed by atoms with E-state index in [2.05, 4.69) is 10.6 Å². The molecule has 2 N–H and O–H groups in total. The molecule has 0 saturated carbocycles. The third kappa shape index (κ3) is 3.75. The lowest BCUT2D eigenvalue weighted by atomic mass is 10.1. The van der Waals surface area contributed by atoms with Crippen LogP contribution in [0.3, 0.4) is 0 Å². The van der Waals surface area contributed by atoms with Crippen molar-refractivity contribution in [3.05, 3.63) is 66.2 Å². The first-order chi connectivity index (χ1) is 12.6. The van der Waals surface area contributed by atoms with Gasteiger partial charge in [-0.25, -0.2) is 0 Å². The van der Waals surface area contributed by atoms with Crippen LogP contribution in [0.15, 0.2) is 60.7 Å². The van der Waals surface area contributed by atoms with Gasteiger partial charge in [-0.05, 0) is 47.3 Å². The number of thiocarbonyl (C=S) groups is 1. The Morgan fingerprint density at radius 3 is 2.19 bits per heavy atom. The van der Waals surface area contributed by atoms with Crippen molar-refractivity contribution in [1.29, 1.82) is 0 Å². The average molecular weight is 366 g/mol. The molecule has 0 aliphatic heterocycles. The number of benzene rings is 3. The lowest BCUT2D eigenvalue weighted by molar-refractivity contribution is 0.0975. The zero-order chi connectivity index (χ0) is 18.5. The van der Waals surface area contributed by atoms with Gasteiger partial charge in [0, 0.05) is 0 Å². The fraction of sp³-hybridized carbons (Fsp3) is 0.100. The number of methoxy groups -OCH3 is 2. The van der Waals surface area contributed by atoms with Gasteiger partial charge in [-0.3, -0.25) is 10.1 Å². The number of amides is 1. The fourth-order valence-electron chi connectivity index (χ4n) is 2.64. The van der Waals surface area contributed by atoms with E-state index in [0.29, 0.717) is 22.7 Å². The van der Waals surface area contributed by atoms with Crippen LogP contribution in [0.25, 0.3) is 10.8 Å². The predicted molar refractivity (Wildman–Crippen MR) is 107 cm³/mol. The summed E-state index contributed by atoms with van der Waals surface area (Å²) < 4.78 is 10.6. The van der Waals surface area contributed by atoms with Crippen molar-refractivity contribution in [1.82, 2.24) is 5.32 Å². The Kier molecular flexibility index (Phi) is 5.34. The molecule has 6 heteroatoms. The predicted octanol–water partition coefficient (Wildman–Crippen LogP) is 3.98. The minimum atomic E-state index is -0.347. The van der Waals surface area contributed by atoms with Crippen LogP contribution in [0, 0.1) is 0 Å². The molecule has 0 aliphatic carbocycles. The Bertz CT molecular complexity index is 972. The lowest BCUT2D eigenvalue weighted by Crippen LogP contribution is -2.34. The molecule has 0 heterocycles. The Labute approximate surface area is 156 Å². The summed E-state index contributed by atoms with van der Waals surface area (Å²) in [4.78, 5) is 12.7. The van der Waals surface area contributed by atoms with Gasteiger partial charge in [0.25, 0.3) is 5.91 Å². The van der Waals surface area contributed by atoms with Crippen molar-refractivity contribution in [2.45, 2.75) is 0 Å². The molecule has 132 valence electrons. The van der Waals surface area contributed by atoms with E-state index >= 15 is 0 Å². The molecule has 5 nitrogen and oxygen atoms in total. The van der Waals surface area contributed by atoms with E-state index < -0.39 is 0 Å². The smallest absolute Gasteiger partial charge is 0.261 e. The third-order valence-corrected chi connectivity index (χ3v) is 4.10. The molecule has 3 aromatic carbocycles. The van der Waals surface area contributed by atoms with Crippen LogP contribution in [-0.2, 0) is 0 Å². The molecule has 0 aliphatic rings. The summed E-state index contributed by atoms with van der Waals surface area (Å²) in [5, 5.41) is 7.77. The number of hydrogen-bond acceptors (Lipinski definition) is 4. The highest BCUT2D eigenvalue weighted by molar-refractivity contribution is 7.80. The van der Waals surface area contributed by atoms with E-state index in [1.54, 1.807) is 19.2 Å². The van der Waals surface area contributed by atoms with Gasteiger partial charge < -0.3 is 14.8 Å². The van der Waals surface area contributed by atoms with Gasteiger partial charge in [0.15, 0.2) is 5.11 Å². The lowest BCUT2D eigenvalue weighted by Gasteiger charge is -2.14. The average Bonchev–Trinajstić information content (AvgIpc) is 2.67. The van der Waals surface area contributed by atoms with E-state index in [1.165, 1.54) is 7.11 Å². The molecule has 0 spiro atoms. The van der Waals surface area contributed by atoms with E-state index in [1.807, 2.05) is 48.5 Å². The maximum atomic E-state index is 12.7. The molecule has 3 aromatic rings. The molecule has 0 radical (unpaired) electrons. The summed E-state index contributed by atoms with van der Waals surface area (Å²) >= 11 is 5.26. The van der Waals surface area contributed by atoms with Crippen molar-refractivity contribution in [3.63, 3.8) is 0 Å². The molecule has 0 atom stereocenters. The van der Waals surface area contributed by atoms with E-state index in [4.69, 9.17) is 21.7 Å². The Morgan fingerprint density at radius 1 is 0.885 bits per heavy atom. The number of para-hydroxylation sites is 2. The van der Waals surface area contributed by atoms with Crippen LogP contribution in [0.4, 0.5) is 5.69 Å². The molecule has 0 unspecified atom stereocenters. The topological polar surface area (TPSA) is 59.6 Å². The van der Waals surface area contributed by atoms with Crippen LogP contribution in [0.5, 0.6) is 11.5 Å². The van der Waals surface area contributed by atoms with Crippen molar-refractivity contribution >= 4 is 39.7 Å². The van der Waals surface area contributed by atoms with Crippen molar-refractivity contribution in [2.24, 2.45) is 0 Å². The summed E-state index contributed by atoms with van der Waals surface area (Å²) in [6.45, 7) is 0. The number of carbonyl (C=O) groups is 1. The van der Waals surface area contributed by atoms with Crippen LogP contribution in [0.2, 0.25) is 0 Å². The molecule has 0 bridgehead atoms. The summed E-state index contributed by atoms with van der Waals surface area (Å²) in [5.74, 6) is 0.772. The number of rotatable bonds is 4. The number of nitrogens with one attached hydrogen (secondary N) is 2. The first kappa shape index (κ1) is 17.7. The normalized spacial score (nSPS) is 10.2. The van der Waals surface area contributed by atoms with Gasteiger partial charge in [0.05, 0.1) is 25.5 Å². The SMILES string of the molecule is COc1ccccc1NC(=S)NC(=O)c1cc2ccccc2cc1OC. The monoisotopic (exact) mass is 366 g/mol. The summed E-state index contributed by atoms with van der Waals surface area (Å²) in [5.41, 5.74) is 1.08. The van der Waals surface area contributed by atoms with Crippen molar-refractivity contribution in [3.8, 4) is 11.5 Å². The minimum Gasteiger partial charge on any atom is -0.496 e. The van der Waals surface area contributed by atoms with Gasteiger partial charge in [-0.2, -0.15) is 0 Å². The summed E-state index contributed by atoms with van der Waals surface area (Å²) in [7, 11) is 3.11. The molecule has 1 amide bonds. The second-order valence-electron chi connectivity index (χ2n) is 5.51. The summed E-state index contributed by atoms with van der Waals surface area (Å²) in [6, 6.07) is 18.7. The van der Waals surface area contributed by atoms with Gasteiger partial charge in [0.2, 0.25) is 0 Å². The Hall–Kier alpha value is -3.12. The number of carbonyl (C=O) groups excluding carboxylic acids is 1. The zero-order valence-corrected chi connectivity index (χ0v) is 15.2. The first-order valence-corrected chi connectivity index (χ1v) is 8.35. The number of hydrogen-bond donors (Lipinski definition) is 2. The zero-order valence-electron chi connectivity index (χ0n) is 14.4. The van der Waals surface area contributed by atoms with Crippen LogP contribution in [-0.4, -0.2) is 25.2 Å². The van der Waals surface area contributed by atoms with Crippen molar-refractivity contribution < 1.29 is 14.3 Å². The molecule has 3 rings (SSSR count). The van der Waals surface area contributed by atoms with Gasteiger partial charge in [-0.15, -0.1) is 0 Å². The van der Waals surface area contributed by atoms with E-state index in [0.717, 1.165) is 10.8 Å². The molecule has 26 heavy (non-hydrogen) atoms. The first-order valence-electron chi connectivity index (χ1n) is 7.94. The largest absolute Gasteiger partial charge is 0.496 e. The molecule has 0 aromatic heterocycles. The van der Waals surface area contributed by atoms with E-state index in [-0.39, 0.29) is 11.0 Å². The molecular formula is C20H18N2O3S. The standard InChI is InChI=1S/C20H18N2O3S/c1-24-17-10-6-5-9-16(17)21-20(26)22-19(23)15-11-13-7-3-4-8-14(13)12-18(15)25-2/h3-12H,1-2H3,(H2,21,22,23,26). The van der Waals surface area contributed by atoms with Gasteiger partial charge in [0.1, 0.15) is 11.5 Å². The van der Waals surface area contributed by atoms with Gasteiger partial charge in [-0.1, -0.05) is 36.4 Å². The highest BCUT2D eigenvalue weighted by atomic mass is 32.1. The minimum absolute atomic E-state index is 0.176. The molecule has 0 saturated heterocycles. The molecular weight excluding hydrogens is 348 g/mol. The van der Waals surface area contributed by atoms with Crippen LogP contribution in [0.1, 0.15) is 10.4 Å². The fourth-order valence-corrected chi connectivity index (χ4v) is 2.84. The third-order valence-electron chi connectivity index (χ3n) is 3.89. The van der Waals surface area contributed by atoms with E-state index in [9.17, 15) is 4.79 Å². The highest BCUT2D eigenvalue weighted by Gasteiger charge is 2.15. The summed E-state index contributed by atoms with van der Waals surface area (Å²) in [6.07, 6.45) is 0. The molecule has 0 fully saturated rings. The number of anilines is 1. The second-order valence-corrected chi connectivity index (χ2v) is 5.92. The maximum absolute atomic E-state index is 12.7. The quantitative estimate of drug-likeness (QED) is 0.684. The second kappa shape index (κ2) is 7.84. The van der Waals surface area contributed by atoms with Crippen molar-refractivity contribution in [2.75, 3.05) is 19.5 Å². The van der Waals surface area contributed by atoms with Gasteiger partial charge >= 0.3 is 0 Å². The number of ether oxygens (including phenoxy) is 2. The van der Waals surface area contributed by atoms with Crippen LogP contribution >= 0.6 is 12.2 Å². The number of fused-ring (bicyclic) bond motifs is 1. The maximum Gasteiger partial charge on any atom is 0.261 e.